The van der Waals surface area contributed by atoms with Crippen LogP contribution in [0.5, 0.6) is 0 Å². The minimum absolute atomic E-state index is 0.0913. The largest absolute Gasteiger partial charge is 0.397 e. The number of rotatable bonds is 6. The molecule has 1 saturated heterocycles. The number of benzene rings is 1. The van der Waals surface area contributed by atoms with Gasteiger partial charge in [-0.3, -0.25) is 4.79 Å². The maximum atomic E-state index is 11.8. The Morgan fingerprint density at radius 3 is 2.80 bits per heavy atom. The Hall–Kier alpha value is -0.620. The predicted octanol–water partition coefficient (Wildman–Crippen LogP) is 3.43. The van der Waals surface area contributed by atoms with Crippen LogP contribution >= 0.6 is 35.0 Å². The van der Waals surface area contributed by atoms with Gasteiger partial charge in [0.25, 0.3) is 0 Å². The number of nitrogen functional groups attached to an aromatic ring is 1. The van der Waals surface area contributed by atoms with Crippen LogP contribution in [0.25, 0.3) is 0 Å². The fourth-order valence-electron chi connectivity index (χ4n) is 1.72. The second kappa shape index (κ2) is 7.41. The number of carbonyl (C=O) groups excluding carboxylic acids is 1. The number of thioether (sulfide) groups is 1. The van der Waals surface area contributed by atoms with Gasteiger partial charge in [-0.15, -0.1) is 0 Å². The molecule has 1 amide bonds. The van der Waals surface area contributed by atoms with Gasteiger partial charge in [0, 0.05) is 11.4 Å². The number of carbonyl (C=O) groups is 1. The lowest BCUT2D eigenvalue weighted by Crippen LogP contribution is -2.30. The maximum absolute atomic E-state index is 11.8. The van der Waals surface area contributed by atoms with Crippen LogP contribution in [0.3, 0.4) is 0 Å². The molecule has 1 heterocycles. The third-order valence-corrected chi connectivity index (χ3v) is 4.64. The molecule has 0 bridgehead atoms. The topological polar surface area (TPSA) is 64.3 Å². The minimum atomic E-state index is -0.0913. The van der Waals surface area contributed by atoms with E-state index in [0.717, 1.165) is 25.4 Å². The van der Waals surface area contributed by atoms with Crippen molar-refractivity contribution in [1.82, 2.24) is 0 Å². The molecule has 3 N–H and O–H groups in total. The molecule has 110 valence electrons. The smallest absolute Gasteiger partial charge is 0.224 e. The van der Waals surface area contributed by atoms with Crippen LogP contribution in [0.1, 0.15) is 12.8 Å². The maximum Gasteiger partial charge on any atom is 0.224 e. The summed E-state index contributed by atoms with van der Waals surface area (Å²) in [6.07, 6.45) is 1.26. The molecule has 1 aliphatic heterocycles. The van der Waals surface area contributed by atoms with Crippen molar-refractivity contribution >= 4 is 52.2 Å². The van der Waals surface area contributed by atoms with Gasteiger partial charge >= 0.3 is 0 Å². The third kappa shape index (κ3) is 4.45. The van der Waals surface area contributed by atoms with Crippen molar-refractivity contribution in [2.45, 2.75) is 18.1 Å². The Morgan fingerprint density at radius 1 is 1.45 bits per heavy atom. The molecule has 0 saturated carbocycles. The fraction of sp³-hybridized carbons (Fsp3) is 0.462. The lowest BCUT2D eigenvalue weighted by atomic mass is 10.2. The van der Waals surface area contributed by atoms with Crippen LogP contribution in [-0.2, 0) is 9.53 Å². The van der Waals surface area contributed by atoms with Crippen molar-refractivity contribution < 1.29 is 9.53 Å². The highest BCUT2D eigenvalue weighted by Crippen LogP contribution is 2.32. The van der Waals surface area contributed by atoms with E-state index in [0.29, 0.717) is 33.1 Å². The van der Waals surface area contributed by atoms with Crippen LogP contribution in [0.2, 0.25) is 10.0 Å². The van der Waals surface area contributed by atoms with Crippen LogP contribution in [-0.4, -0.2) is 30.1 Å². The Kier molecular flexibility index (Phi) is 5.84. The van der Waals surface area contributed by atoms with Gasteiger partial charge in [-0.1, -0.05) is 23.2 Å². The summed E-state index contributed by atoms with van der Waals surface area (Å²) in [6, 6.07) is 3.12. The van der Waals surface area contributed by atoms with Crippen molar-refractivity contribution in [3.63, 3.8) is 0 Å². The Balaban J connectivity index is 1.76. The van der Waals surface area contributed by atoms with Gasteiger partial charge in [0.15, 0.2) is 0 Å². The molecular weight excluding hydrogens is 319 g/mol. The minimum Gasteiger partial charge on any atom is -0.397 e. The number of ether oxygens (including phenoxy) is 1. The second-order valence-corrected chi connectivity index (χ2v) is 6.79. The molecule has 1 fully saturated rings. The summed E-state index contributed by atoms with van der Waals surface area (Å²) in [5.41, 5.74) is 6.59. The first-order chi connectivity index (χ1) is 9.56. The van der Waals surface area contributed by atoms with E-state index in [2.05, 4.69) is 5.32 Å². The van der Waals surface area contributed by atoms with Gasteiger partial charge in [0.05, 0.1) is 34.9 Å². The highest BCUT2D eigenvalue weighted by Gasteiger charge is 2.18. The predicted molar refractivity (Wildman–Crippen MR) is 85.8 cm³/mol. The van der Waals surface area contributed by atoms with Crippen LogP contribution < -0.4 is 11.1 Å². The molecule has 1 aromatic rings. The van der Waals surface area contributed by atoms with Gasteiger partial charge in [0.2, 0.25) is 5.91 Å². The van der Waals surface area contributed by atoms with Crippen LogP contribution in [0.15, 0.2) is 12.1 Å². The molecule has 0 atom stereocenters. The van der Waals surface area contributed by atoms with E-state index in [1.165, 1.54) is 0 Å². The first-order valence-corrected chi connectivity index (χ1v) is 8.10. The average molecular weight is 335 g/mol. The number of nitrogens with two attached hydrogens (primary N) is 1. The molecule has 0 unspecified atom stereocenters. The van der Waals surface area contributed by atoms with Gasteiger partial charge < -0.3 is 15.8 Å². The number of nitrogens with one attached hydrogen (secondary N) is 1. The molecule has 1 aromatic carbocycles. The zero-order valence-electron chi connectivity index (χ0n) is 10.8. The van der Waals surface area contributed by atoms with Crippen molar-refractivity contribution in [3.05, 3.63) is 22.2 Å². The van der Waals surface area contributed by atoms with Crippen molar-refractivity contribution in [1.29, 1.82) is 0 Å². The molecule has 7 heteroatoms. The molecule has 0 aliphatic carbocycles. The summed E-state index contributed by atoms with van der Waals surface area (Å²) in [7, 11) is 0. The summed E-state index contributed by atoms with van der Waals surface area (Å²) < 4.78 is 5.09. The lowest BCUT2D eigenvalue weighted by Gasteiger charge is -2.25. The first-order valence-electron chi connectivity index (χ1n) is 6.30. The zero-order valence-corrected chi connectivity index (χ0v) is 13.2. The summed E-state index contributed by atoms with van der Waals surface area (Å²) in [5.74, 6) is 0.858. The van der Waals surface area contributed by atoms with E-state index in [9.17, 15) is 4.79 Å². The molecule has 1 aliphatic rings. The van der Waals surface area contributed by atoms with Crippen molar-refractivity contribution in [2.24, 2.45) is 0 Å². The van der Waals surface area contributed by atoms with Crippen molar-refractivity contribution in [2.75, 3.05) is 30.0 Å². The average Bonchev–Trinajstić information content (AvgIpc) is 2.31. The van der Waals surface area contributed by atoms with E-state index in [-0.39, 0.29) is 5.91 Å². The van der Waals surface area contributed by atoms with E-state index in [1.54, 1.807) is 12.1 Å². The van der Waals surface area contributed by atoms with Gasteiger partial charge in [-0.25, -0.2) is 0 Å². The molecular formula is C13H16Cl2N2O2S. The summed E-state index contributed by atoms with van der Waals surface area (Å²) in [5, 5.41) is 4.13. The molecule has 2 rings (SSSR count). The van der Waals surface area contributed by atoms with E-state index in [1.807, 2.05) is 11.8 Å². The normalized spacial score (nSPS) is 14.9. The zero-order chi connectivity index (χ0) is 14.5. The van der Waals surface area contributed by atoms with Crippen molar-refractivity contribution in [3.8, 4) is 0 Å². The standard InChI is InChI=1S/C13H16Cl2N2O2S/c14-8-4-10(15)13(11(16)5-8)17-12(18)2-1-3-20-9-6-19-7-9/h4-5,9H,1-3,6-7,16H2,(H,17,18). The van der Waals surface area contributed by atoms with Crippen LogP contribution in [0.4, 0.5) is 11.4 Å². The highest BCUT2D eigenvalue weighted by atomic mass is 35.5. The van der Waals surface area contributed by atoms with E-state index in [4.69, 9.17) is 33.7 Å². The molecule has 4 nitrogen and oxygen atoms in total. The fourth-order valence-corrected chi connectivity index (χ4v) is 3.31. The summed E-state index contributed by atoms with van der Waals surface area (Å²) >= 11 is 13.7. The molecule has 0 aromatic heterocycles. The Bertz CT molecular complexity index is 472. The Labute approximate surface area is 132 Å². The van der Waals surface area contributed by atoms with E-state index >= 15 is 0 Å². The van der Waals surface area contributed by atoms with E-state index < -0.39 is 0 Å². The number of amides is 1. The SMILES string of the molecule is Nc1cc(Cl)cc(Cl)c1NC(=O)CCCSC1COC1. The third-order valence-electron chi connectivity index (χ3n) is 2.86. The number of halogens is 2. The van der Waals surface area contributed by atoms with Gasteiger partial charge in [0.1, 0.15) is 0 Å². The van der Waals surface area contributed by atoms with Crippen LogP contribution in [0, 0.1) is 0 Å². The first kappa shape index (κ1) is 15.8. The number of anilines is 2. The quantitative estimate of drug-likeness (QED) is 0.618. The summed E-state index contributed by atoms with van der Waals surface area (Å²) in [4.78, 5) is 11.8. The lowest BCUT2D eigenvalue weighted by molar-refractivity contribution is -0.116. The number of hydrogen-bond acceptors (Lipinski definition) is 4. The Morgan fingerprint density at radius 2 is 2.20 bits per heavy atom. The molecule has 0 radical (unpaired) electrons. The summed E-state index contributed by atoms with van der Waals surface area (Å²) in [6.45, 7) is 1.65. The van der Waals surface area contributed by atoms with Gasteiger partial charge in [-0.2, -0.15) is 11.8 Å². The molecule has 0 spiro atoms. The second-order valence-electron chi connectivity index (χ2n) is 4.53. The molecule has 20 heavy (non-hydrogen) atoms. The monoisotopic (exact) mass is 334 g/mol. The number of hydrogen-bond donors (Lipinski definition) is 2. The van der Waals surface area contributed by atoms with Gasteiger partial charge in [-0.05, 0) is 24.3 Å². The highest BCUT2D eigenvalue weighted by molar-refractivity contribution is 8.00.